The van der Waals surface area contributed by atoms with E-state index in [0.717, 1.165) is 22.6 Å². The Balaban J connectivity index is 1.75. The third kappa shape index (κ3) is 2.85. The minimum absolute atomic E-state index is 0.225. The van der Waals surface area contributed by atoms with Gasteiger partial charge >= 0.3 is 6.85 Å². The Labute approximate surface area is 175 Å². The number of rotatable bonds is 2. The molecule has 0 spiro atoms. The second-order valence-corrected chi connectivity index (χ2v) is 7.53. The Bertz CT molecular complexity index is 1360. The molecule has 29 heavy (non-hydrogen) atoms. The molecule has 4 aromatic rings. The number of anilines is 2. The summed E-state index contributed by atoms with van der Waals surface area (Å²) in [5.41, 5.74) is 4.35. The van der Waals surface area contributed by atoms with Gasteiger partial charge in [-0.2, -0.15) is 0 Å². The van der Waals surface area contributed by atoms with Crippen LogP contribution in [-0.2, 0) is 7.05 Å². The molecule has 5 heteroatoms. The molecule has 1 aromatic carbocycles. The molecule has 3 aromatic heterocycles. The maximum absolute atomic E-state index is 8.14. The number of nitrogens with zero attached hydrogens (tertiary/aromatic N) is 3. The predicted octanol–water partition coefficient (Wildman–Crippen LogP) is 5.34. The van der Waals surface area contributed by atoms with E-state index in [1.54, 1.807) is 0 Å². The van der Waals surface area contributed by atoms with Crippen LogP contribution in [0.1, 0.15) is 22.2 Å². The standard InChI is InChI=1S/C24H23BN3O/c1-16-15-25(3)28(24-22(16)20-11-10-17(2)26-23(20)29-24)21-14-19(12-13-27(21)4)18-8-6-5-7-9-18/h5-15H,1-4H3/q+1/i1D3. The zero-order chi connectivity index (χ0) is 22.6. The second kappa shape index (κ2) is 6.62. The lowest BCUT2D eigenvalue weighted by atomic mass is 9.59. The summed E-state index contributed by atoms with van der Waals surface area (Å²) in [4.78, 5) is 6.58. The summed E-state index contributed by atoms with van der Waals surface area (Å²) in [6, 6.07) is 18.1. The van der Waals surface area contributed by atoms with Crippen LogP contribution < -0.4 is 9.38 Å². The van der Waals surface area contributed by atoms with Crippen LogP contribution in [0.15, 0.2) is 71.2 Å². The summed E-state index contributed by atoms with van der Waals surface area (Å²) in [7, 11) is 1.98. The normalized spacial score (nSPS) is 15.6. The van der Waals surface area contributed by atoms with Gasteiger partial charge in [-0.3, -0.25) is 4.81 Å². The number of hydrogen-bond donors (Lipinski definition) is 0. The number of fused-ring (bicyclic) bond motifs is 3. The van der Waals surface area contributed by atoms with Crippen LogP contribution in [0.2, 0.25) is 6.82 Å². The van der Waals surface area contributed by atoms with Crippen molar-refractivity contribution >= 4 is 35.2 Å². The fraction of sp³-hybridized carbons (Fsp3) is 0.167. The highest BCUT2D eigenvalue weighted by molar-refractivity contribution is 6.70. The average Bonchev–Trinajstić information content (AvgIpc) is 3.11. The van der Waals surface area contributed by atoms with Gasteiger partial charge in [-0.1, -0.05) is 36.3 Å². The molecular formula is C24H23BN3O+. The van der Waals surface area contributed by atoms with E-state index >= 15 is 0 Å². The van der Waals surface area contributed by atoms with Crippen LogP contribution in [0, 0.1) is 6.92 Å². The van der Waals surface area contributed by atoms with Gasteiger partial charge in [-0.15, -0.1) is 0 Å². The molecule has 4 heterocycles. The van der Waals surface area contributed by atoms with E-state index in [-0.39, 0.29) is 6.85 Å². The van der Waals surface area contributed by atoms with Crippen LogP contribution in [-0.4, -0.2) is 11.8 Å². The fourth-order valence-electron chi connectivity index (χ4n) is 3.99. The summed E-state index contributed by atoms with van der Waals surface area (Å²) in [5.74, 6) is 3.23. The Morgan fingerprint density at radius 1 is 1.10 bits per heavy atom. The number of benzene rings is 1. The first-order chi connectivity index (χ1) is 15.2. The van der Waals surface area contributed by atoms with Crippen molar-refractivity contribution in [3.63, 3.8) is 0 Å². The highest BCUT2D eigenvalue weighted by atomic mass is 16.4. The van der Waals surface area contributed by atoms with Crippen molar-refractivity contribution in [2.45, 2.75) is 20.6 Å². The monoisotopic (exact) mass is 383 g/mol. The molecule has 0 bridgehead atoms. The van der Waals surface area contributed by atoms with Crippen LogP contribution in [0.5, 0.6) is 0 Å². The summed E-state index contributed by atoms with van der Waals surface area (Å²) in [6.07, 6.45) is 2.01. The van der Waals surface area contributed by atoms with Crippen LogP contribution in [0.25, 0.3) is 27.8 Å². The van der Waals surface area contributed by atoms with Gasteiger partial charge in [-0.05, 0) is 55.5 Å². The van der Waals surface area contributed by atoms with Gasteiger partial charge in [0.2, 0.25) is 5.71 Å². The molecule has 0 amide bonds. The molecule has 142 valence electrons. The van der Waals surface area contributed by atoms with Crippen molar-refractivity contribution in [3.8, 4) is 11.1 Å². The van der Waals surface area contributed by atoms with Gasteiger partial charge in [0.05, 0.1) is 24.2 Å². The Morgan fingerprint density at radius 2 is 1.93 bits per heavy atom. The molecule has 0 saturated heterocycles. The summed E-state index contributed by atoms with van der Waals surface area (Å²) >= 11 is 0. The van der Waals surface area contributed by atoms with E-state index in [4.69, 9.17) is 8.53 Å². The van der Waals surface area contributed by atoms with E-state index < -0.39 is 6.85 Å². The Hall–Kier alpha value is -3.34. The van der Waals surface area contributed by atoms with Crippen LogP contribution in [0.4, 0.5) is 11.7 Å². The zero-order valence-electron chi connectivity index (χ0n) is 19.7. The smallest absolute Gasteiger partial charge is 0.404 e. The first-order valence-electron chi connectivity index (χ1n) is 11.2. The molecule has 1 aliphatic heterocycles. The topological polar surface area (TPSA) is 33.2 Å². The summed E-state index contributed by atoms with van der Waals surface area (Å²) < 4.78 is 32.7. The number of allylic oxidation sites excluding steroid dienone is 1. The molecule has 0 unspecified atom stereocenters. The van der Waals surface area contributed by atoms with E-state index in [9.17, 15) is 0 Å². The molecule has 0 fully saturated rings. The van der Waals surface area contributed by atoms with Gasteiger partial charge in [0.15, 0.2) is 0 Å². The van der Waals surface area contributed by atoms with Crippen molar-refractivity contribution in [2.24, 2.45) is 7.05 Å². The summed E-state index contributed by atoms with van der Waals surface area (Å²) in [6.45, 7) is 1.39. The molecular weight excluding hydrogens is 357 g/mol. The largest absolute Gasteiger partial charge is 0.406 e. The van der Waals surface area contributed by atoms with E-state index in [1.165, 1.54) is 0 Å². The average molecular weight is 383 g/mol. The molecule has 0 radical (unpaired) electrons. The lowest BCUT2D eigenvalue weighted by Gasteiger charge is -2.24. The number of aryl methyl sites for hydroxylation is 2. The maximum atomic E-state index is 8.14. The highest BCUT2D eigenvalue weighted by Gasteiger charge is 2.39. The van der Waals surface area contributed by atoms with Gasteiger partial charge in [0.1, 0.15) is 0 Å². The van der Waals surface area contributed by atoms with Crippen LogP contribution in [0.3, 0.4) is 0 Å². The SMILES string of the molecule is [2H]C([2H])([2H])C1=CB(C)N(c2cc(-c3ccccc3)cc[n+]2C)c2oc3nc(C)ccc3c21. The lowest BCUT2D eigenvalue weighted by Crippen LogP contribution is -2.43. The fourth-order valence-corrected chi connectivity index (χ4v) is 3.99. The zero-order valence-corrected chi connectivity index (χ0v) is 16.7. The minimum atomic E-state index is -2.26. The van der Waals surface area contributed by atoms with Crippen molar-refractivity contribution in [3.05, 3.63) is 78.0 Å². The van der Waals surface area contributed by atoms with Gasteiger partial charge in [-0.25, -0.2) is 9.55 Å². The van der Waals surface area contributed by atoms with Gasteiger partial charge < -0.3 is 4.42 Å². The molecule has 4 nitrogen and oxygen atoms in total. The molecule has 5 rings (SSSR count). The maximum Gasteiger partial charge on any atom is 0.406 e. The summed E-state index contributed by atoms with van der Waals surface area (Å²) in [5, 5.41) is 0.715. The lowest BCUT2D eigenvalue weighted by molar-refractivity contribution is -0.658. The quantitative estimate of drug-likeness (QED) is 0.346. The molecule has 0 saturated carbocycles. The first-order valence-corrected chi connectivity index (χ1v) is 9.71. The first kappa shape index (κ1) is 14.6. The van der Waals surface area contributed by atoms with E-state index in [1.807, 2.05) is 72.7 Å². The van der Waals surface area contributed by atoms with Crippen LogP contribution >= 0.6 is 0 Å². The van der Waals surface area contributed by atoms with E-state index in [2.05, 4.69) is 29.2 Å². The molecule has 1 aliphatic rings. The number of pyridine rings is 2. The Kier molecular flexibility index (Phi) is 3.34. The number of aromatic nitrogens is 2. The van der Waals surface area contributed by atoms with Gasteiger partial charge in [0.25, 0.3) is 11.7 Å². The highest BCUT2D eigenvalue weighted by Crippen LogP contribution is 2.43. The Morgan fingerprint density at radius 3 is 2.72 bits per heavy atom. The van der Waals surface area contributed by atoms with Gasteiger partial charge in [0, 0.05) is 15.9 Å². The van der Waals surface area contributed by atoms with Crippen molar-refractivity contribution in [1.82, 2.24) is 4.98 Å². The number of furan rings is 1. The molecule has 0 aliphatic carbocycles. The van der Waals surface area contributed by atoms with Crippen molar-refractivity contribution in [2.75, 3.05) is 4.81 Å². The molecule has 0 N–H and O–H groups in total. The third-order valence-corrected chi connectivity index (χ3v) is 5.46. The predicted molar refractivity (Wildman–Crippen MR) is 119 cm³/mol. The van der Waals surface area contributed by atoms with Crippen molar-refractivity contribution < 1.29 is 13.1 Å². The molecule has 0 atom stereocenters. The minimum Gasteiger partial charge on any atom is -0.404 e. The third-order valence-electron chi connectivity index (χ3n) is 5.46. The van der Waals surface area contributed by atoms with E-state index in [0.29, 0.717) is 28.1 Å². The second-order valence-electron chi connectivity index (χ2n) is 7.53. The number of hydrogen-bond acceptors (Lipinski definition) is 3. The van der Waals surface area contributed by atoms with Crippen molar-refractivity contribution in [1.29, 1.82) is 0 Å².